The van der Waals surface area contributed by atoms with Crippen molar-refractivity contribution in [1.29, 1.82) is 0 Å². The SMILES string of the molecule is Cc1ccc(NC(=O)N(CC(=O)N(Cc2ccc(F)cc2)Cc2ccco2)CC2CCCO2)cc1. The molecule has 8 heteroatoms. The minimum atomic E-state index is -0.363. The maximum Gasteiger partial charge on any atom is 0.322 e. The molecule has 0 saturated carbocycles. The van der Waals surface area contributed by atoms with E-state index >= 15 is 0 Å². The van der Waals surface area contributed by atoms with E-state index in [4.69, 9.17) is 9.15 Å². The highest BCUT2D eigenvalue weighted by Crippen LogP contribution is 2.17. The zero-order valence-electron chi connectivity index (χ0n) is 19.8. The fraction of sp³-hybridized carbons (Fsp3) is 0.333. The van der Waals surface area contributed by atoms with Crippen LogP contribution in [0.4, 0.5) is 14.9 Å². The van der Waals surface area contributed by atoms with E-state index in [9.17, 15) is 14.0 Å². The van der Waals surface area contributed by atoms with Crippen LogP contribution in [0, 0.1) is 12.7 Å². The third-order valence-corrected chi connectivity index (χ3v) is 5.93. The minimum absolute atomic E-state index is 0.109. The molecule has 1 aliphatic heterocycles. The van der Waals surface area contributed by atoms with Crippen LogP contribution in [0.2, 0.25) is 0 Å². The maximum absolute atomic E-state index is 13.5. The van der Waals surface area contributed by atoms with E-state index in [1.807, 2.05) is 31.2 Å². The number of anilines is 1. The molecular formula is C27H30FN3O4. The van der Waals surface area contributed by atoms with E-state index in [0.717, 1.165) is 24.0 Å². The molecule has 0 aliphatic carbocycles. The second-order valence-electron chi connectivity index (χ2n) is 8.77. The van der Waals surface area contributed by atoms with Crippen LogP contribution in [-0.2, 0) is 22.6 Å². The topological polar surface area (TPSA) is 75.0 Å². The predicted octanol–water partition coefficient (Wildman–Crippen LogP) is 4.97. The summed E-state index contributed by atoms with van der Waals surface area (Å²) in [6.07, 6.45) is 3.21. The van der Waals surface area contributed by atoms with Gasteiger partial charge in [0.15, 0.2) is 0 Å². The van der Waals surface area contributed by atoms with Crippen LogP contribution in [0.25, 0.3) is 0 Å². The molecule has 1 N–H and O–H groups in total. The van der Waals surface area contributed by atoms with Crippen LogP contribution < -0.4 is 5.32 Å². The highest BCUT2D eigenvalue weighted by molar-refractivity contribution is 5.92. The number of carbonyl (C=O) groups is 2. The van der Waals surface area contributed by atoms with Crippen LogP contribution in [-0.4, -0.2) is 47.5 Å². The zero-order chi connectivity index (χ0) is 24.6. The summed E-state index contributed by atoms with van der Waals surface area (Å²) in [4.78, 5) is 29.8. The summed E-state index contributed by atoms with van der Waals surface area (Å²) >= 11 is 0. The van der Waals surface area contributed by atoms with Gasteiger partial charge in [-0.1, -0.05) is 29.8 Å². The zero-order valence-corrected chi connectivity index (χ0v) is 19.8. The predicted molar refractivity (Wildman–Crippen MR) is 130 cm³/mol. The molecule has 184 valence electrons. The number of halogens is 1. The molecule has 3 aromatic rings. The van der Waals surface area contributed by atoms with E-state index in [-0.39, 0.29) is 43.5 Å². The first kappa shape index (κ1) is 24.5. The van der Waals surface area contributed by atoms with Crippen molar-refractivity contribution in [3.8, 4) is 0 Å². The summed E-state index contributed by atoms with van der Waals surface area (Å²) < 4.78 is 24.6. The molecule has 1 aromatic heterocycles. The standard InChI is InChI=1S/C27H30FN3O4/c1-20-6-12-23(13-7-20)29-27(33)31(18-25-5-3-15-35-25)19-26(32)30(17-24-4-2-14-34-24)16-21-8-10-22(28)11-9-21/h2,4,6-14,25H,3,5,15-19H2,1H3,(H,29,33). The van der Waals surface area contributed by atoms with Crippen molar-refractivity contribution in [3.63, 3.8) is 0 Å². The number of hydrogen-bond donors (Lipinski definition) is 1. The lowest BCUT2D eigenvalue weighted by atomic mass is 10.2. The van der Waals surface area contributed by atoms with Crippen molar-refractivity contribution < 1.29 is 23.1 Å². The molecule has 1 unspecified atom stereocenters. The van der Waals surface area contributed by atoms with Gasteiger partial charge in [0.1, 0.15) is 18.1 Å². The lowest BCUT2D eigenvalue weighted by Crippen LogP contribution is -2.46. The molecule has 4 rings (SSSR count). The summed E-state index contributed by atoms with van der Waals surface area (Å²) in [5.41, 5.74) is 2.52. The monoisotopic (exact) mass is 479 g/mol. The fourth-order valence-electron chi connectivity index (χ4n) is 3.99. The highest BCUT2D eigenvalue weighted by atomic mass is 19.1. The van der Waals surface area contributed by atoms with Gasteiger partial charge in [-0.05, 0) is 61.7 Å². The van der Waals surface area contributed by atoms with Gasteiger partial charge in [-0.15, -0.1) is 0 Å². The van der Waals surface area contributed by atoms with Gasteiger partial charge in [-0.3, -0.25) is 4.79 Å². The first-order chi connectivity index (χ1) is 17.0. The number of furan rings is 1. The van der Waals surface area contributed by atoms with E-state index < -0.39 is 0 Å². The molecule has 1 fully saturated rings. The Morgan fingerprint density at radius 3 is 2.46 bits per heavy atom. The van der Waals surface area contributed by atoms with Gasteiger partial charge in [-0.2, -0.15) is 0 Å². The number of aryl methyl sites for hydroxylation is 1. The van der Waals surface area contributed by atoms with E-state index in [0.29, 0.717) is 24.6 Å². The highest BCUT2D eigenvalue weighted by Gasteiger charge is 2.27. The number of ether oxygens (including phenoxy) is 1. The normalized spacial score (nSPS) is 15.1. The van der Waals surface area contributed by atoms with Crippen molar-refractivity contribution in [1.82, 2.24) is 9.80 Å². The van der Waals surface area contributed by atoms with E-state index in [1.54, 1.807) is 35.4 Å². The van der Waals surface area contributed by atoms with E-state index in [2.05, 4.69) is 5.32 Å². The Labute approximate surface area is 204 Å². The van der Waals surface area contributed by atoms with Crippen LogP contribution in [0.15, 0.2) is 71.3 Å². The number of rotatable bonds is 9. The largest absolute Gasteiger partial charge is 0.467 e. The van der Waals surface area contributed by atoms with Gasteiger partial charge in [0.2, 0.25) is 5.91 Å². The number of amides is 3. The Bertz CT molecular complexity index is 1090. The molecular weight excluding hydrogens is 449 g/mol. The van der Waals surface area contributed by atoms with Gasteiger partial charge in [0, 0.05) is 25.4 Å². The van der Waals surface area contributed by atoms with Crippen molar-refractivity contribution in [3.05, 3.63) is 89.6 Å². The number of nitrogens with zero attached hydrogens (tertiary/aromatic N) is 2. The maximum atomic E-state index is 13.5. The van der Waals surface area contributed by atoms with Gasteiger partial charge in [0.25, 0.3) is 0 Å². The Morgan fingerprint density at radius 2 is 1.80 bits per heavy atom. The molecule has 0 radical (unpaired) electrons. The Kier molecular flexibility index (Phi) is 8.15. The third kappa shape index (κ3) is 7.16. The lowest BCUT2D eigenvalue weighted by Gasteiger charge is -2.29. The van der Waals surface area contributed by atoms with Crippen LogP contribution in [0.1, 0.15) is 29.7 Å². The van der Waals surface area contributed by atoms with E-state index in [1.165, 1.54) is 17.0 Å². The summed E-state index contributed by atoms with van der Waals surface area (Å²) in [5, 5.41) is 2.89. The molecule has 35 heavy (non-hydrogen) atoms. The summed E-state index contributed by atoms with van der Waals surface area (Å²) in [6.45, 7) is 3.31. The first-order valence-electron chi connectivity index (χ1n) is 11.7. The second-order valence-corrected chi connectivity index (χ2v) is 8.77. The number of hydrogen-bond acceptors (Lipinski definition) is 4. The summed E-state index contributed by atoms with van der Waals surface area (Å²) in [5.74, 6) is 0.0335. The smallest absolute Gasteiger partial charge is 0.322 e. The van der Waals surface area contributed by atoms with Crippen molar-refractivity contribution in [2.75, 3.05) is 25.0 Å². The quantitative estimate of drug-likeness (QED) is 0.470. The third-order valence-electron chi connectivity index (χ3n) is 5.93. The second kappa shape index (κ2) is 11.7. The molecule has 1 saturated heterocycles. The molecule has 2 heterocycles. The van der Waals surface area contributed by atoms with Gasteiger partial charge >= 0.3 is 6.03 Å². The average Bonchev–Trinajstić information content (AvgIpc) is 3.55. The minimum Gasteiger partial charge on any atom is -0.467 e. The molecule has 7 nitrogen and oxygen atoms in total. The summed E-state index contributed by atoms with van der Waals surface area (Å²) in [6, 6.07) is 16.7. The molecule has 0 spiro atoms. The van der Waals surface area contributed by atoms with Crippen molar-refractivity contribution >= 4 is 17.6 Å². The summed E-state index contributed by atoms with van der Waals surface area (Å²) in [7, 11) is 0. The molecule has 1 aliphatic rings. The van der Waals surface area contributed by atoms with Gasteiger partial charge in [0.05, 0.1) is 18.9 Å². The van der Waals surface area contributed by atoms with Crippen LogP contribution >= 0.6 is 0 Å². The molecule has 1 atom stereocenters. The number of benzene rings is 2. The number of carbonyl (C=O) groups excluding carboxylic acids is 2. The lowest BCUT2D eigenvalue weighted by molar-refractivity contribution is -0.133. The molecule has 0 bridgehead atoms. The van der Waals surface area contributed by atoms with Crippen molar-refractivity contribution in [2.45, 2.75) is 39.0 Å². The first-order valence-corrected chi connectivity index (χ1v) is 11.7. The Morgan fingerprint density at radius 1 is 1.03 bits per heavy atom. The van der Waals surface area contributed by atoms with Crippen molar-refractivity contribution in [2.24, 2.45) is 0 Å². The number of urea groups is 1. The fourth-order valence-corrected chi connectivity index (χ4v) is 3.99. The van der Waals surface area contributed by atoms with Gasteiger partial charge in [-0.25, -0.2) is 9.18 Å². The van der Waals surface area contributed by atoms with Crippen LogP contribution in [0.5, 0.6) is 0 Å². The van der Waals surface area contributed by atoms with Gasteiger partial charge < -0.3 is 24.3 Å². The Hall–Kier alpha value is -3.65. The average molecular weight is 480 g/mol. The molecule has 3 amide bonds. The van der Waals surface area contributed by atoms with Crippen LogP contribution in [0.3, 0.4) is 0 Å². The number of nitrogens with one attached hydrogen (secondary N) is 1. The molecule has 2 aromatic carbocycles. The Balaban J connectivity index is 1.50.